The number of rotatable bonds is 2. The van der Waals surface area contributed by atoms with Gasteiger partial charge in [-0.05, 0) is 63.1 Å². The van der Waals surface area contributed by atoms with Gasteiger partial charge >= 0.3 is 0 Å². The van der Waals surface area contributed by atoms with Crippen LogP contribution in [0.1, 0.15) is 75.1 Å². The van der Waals surface area contributed by atoms with Crippen LogP contribution in [0.4, 0.5) is 0 Å². The highest BCUT2D eigenvalue weighted by Crippen LogP contribution is 2.46. The Morgan fingerprint density at radius 1 is 1.10 bits per heavy atom. The molecule has 3 heteroatoms. The lowest BCUT2D eigenvalue weighted by Gasteiger charge is -2.41. The summed E-state index contributed by atoms with van der Waals surface area (Å²) in [4.78, 5) is 0. The predicted octanol–water partition coefficient (Wildman–Crippen LogP) is 4.02. The summed E-state index contributed by atoms with van der Waals surface area (Å²) in [6.45, 7) is 9.04. The molecule has 1 aromatic rings. The lowest BCUT2D eigenvalue weighted by molar-refractivity contribution is 0.0284. The van der Waals surface area contributed by atoms with Crippen molar-refractivity contribution < 1.29 is 5.11 Å². The molecule has 21 heavy (non-hydrogen) atoms. The van der Waals surface area contributed by atoms with Crippen molar-refractivity contribution in [3.63, 3.8) is 0 Å². The van der Waals surface area contributed by atoms with E-state index in [2.05, 4.69) is 38.1 Å². The zero-order valence-corrected chi connectivity index (χ0v) is 13.7. The van der Waals surface area contributed by atoms with E-state index in [0.29, 0.717) is 23.8 Å². The SMILES string of the molecule is Cc1ccc(O)c2c1C(C)CC2NN1C(C)CCCC1C. The van der Waals surface area contributed by atoms with Crippen molar-refractivity contribution >= 4 is 0 Å². The maximum Gasteiger partial charge on any atom is 0.120 e. The predicted molar refractivity (Wildman–Crippen MR) is 86.4 cm³/mol. The average Bonchev–Trinajstić information content (AvgIpc) is 2.77. The molecule has 3 rings (SSSR count). The second kappa shape index (κ2) is 5.62. The molecule has 1 heterocycles. The molecule has 0 radical (unpaired) electrons. The molecular weight excluding hydrogens is 260 g/mol. The van der Waals surface area contributed by atoms with Gasteiger partial charge in [0.2, 0.25) is 0 Å². The van der Waals surface area contributed by atoms with E-state index in [1.807, 2.05) is 12.1 Å². The monoisotopic (exact) mass is 288 g/mol. The Morgan fingerprint density at radius 3 is 2.43 bits per heavy atom. The molecule has 116 valence electrons. The zero-order valence-electron chi connectivity index (χ0n) is 13.7. The Labute approximate surface area is 128 Å². The summed E-state index contributed by atoms with van der Waals surface area (Å²) in [6.07, 6.45) is 4.91. The molecule has 4 atom stereocenters. The van der Waals surface area contributed by atoms with E-state index in [-0.39, 0.29) is 6.04 Å². The second-order valence-electron chi connectivity index (χ2n) is 7.08. The fourth-order valence-corrected chi connectivity index (χ4v) is 4.32. The number of benzene rings is 1. The Kier molecular flexibility index (Phi) is 3.98. The van der Waals surface area contributed by atoms with E-state index in [0.717, 1.165) is 12.0 Å². The van der Waals surface area contributed by atoms with Gasteiger partial charge in [-0.3, -0.25) is 0 Å². The minimum absolute atomic E-state index is 0.248. The summed E-state index contributed by atoms with van der Waals surface area (Å²) in [5.41, 5.74) is 7.53. The van der Waals surface area contributed by atoms with Crippen molar-refractivity contribution in [2.45, 2.75) is 77.4 Å². The van der Waals surface area contributed by atoms with Crippen molar-refractivity contribution in [1.82, 2.24) is 10.4 Å². The van der Waals surface area contributed by atoms with Gasteiger partial charge in [-0.15, -0.1) is 0 Å². The van der Waals surface area contributed by atoms with Gasteiger partial charge in [0, 0.05) is 17.6 Å². The van der Waals surface area contributed by atoms with Crippen LogP contribution in [0.25, 0.3) is 0 Å². The van der Waals surface area contributed by atoms with Crippen LogP contribution in [0.3, 0.4) is 0 Å². The average molecular weight is 288 g/mol. The number of nitrogens with one attached hydrogen (secondary N) is 1. The molecule has 0 aromatic heterocycles. The Hall–Kier alpha value is -1.06. The first-order chi connectivity index (χ1) is 9.99. The summed E-state index contributed by atoms with van der Waals surface area (Å²) in [6, 6.07) is 5.28. The molecule has 0 saturated carbocycles. The normalized spacial score (nSPS) is 33.1. The van der Waals surface area contributed by atoms with Crippen molar-refractivity contribution in [1.29, 1.82) is 0 Å². The minimum Gasteiger partial charge on any atom is -0.508 e. The number of aromatic hydroxyl groups is 1. The fraction of sp³-hybridized carbons (Fsp3) is 0.667. The molecule has 0 bridgehead atoms. The number of fused-ring (bicyclic) bond motifs is 1. The van der Waals surface area contributed by atoms with Gasteiger partial charge in [0.05, 0.1) is 6.04 Å². The standard InChI is InChI=1S/C18H28N2O/c1-11-8-9-16(21)18-15(10-12(2)17(11)18)19-20-13(3)6-5-7-14(20)4/h8-9,12-15,19,21H,5-7,10H2,1-4H3. The number of hydrogen-bond acceptors (Lipinski definition) is 3. The number of phenolic OH excluding ortho intramolecular Hbond substituents is 1. The van der Waals surface area contributed by atoms with Crippen LogP contribution < -0.4 is 5.43 Å². The van der Waals surface area contributed by atoms with Crippen molar-refractivity contribution in [3.05, 3.63) is 28.8 Å². The quantitative estimate of drug-likeness (QED) is 0.863. The molecule has 1 fully saturated rings. The highest BCUT2D eigenvalue weighted by atomic mass is 16.3. The van der Waals surface area contributed by atoms with E-state index in [4.69, 9.17) is 0 Å². The number of aryl methyl sites for hydroxylation is 1. The van der Waals surface area contributed by atoms with E-state index >= 15 is 0 Å². The molecule has 1 aliphatic carbocycles. The molecule has 2 N–H and O–H groups in total. The molecule has 0 amide bonds. The molecule has 0 spiro atoms. The largest absolute Gasteiger partial charge is 0.508 e. The highest BCUT2D eigenvalue weighted by Gasteiger charge is 2.35. The molecule has 1 saturated heterocycles. The third-order valence-electron chi connectivity index (χ3n) is 5.41. The third kappa shape index (κ3) is 2.58. The Balaban J connectivity index is 1.88. The molecule has 1 aliphatic heterocycles. The number of phenols is 1. The van der Waals surface area contributed by atoms with Crippen LogP contribution in [0, 0.1) is 6.92 Å². The fourth-order valence-electron chi connectivity index (χ4n) is 4.32. The van der Waals surface area contributed by atoms with E-state index < -0.39 is 0 Å². The van der Waals surface area contributed by atoms with Gasteiger partial charge in [0.1, 0.15) is 5.75 Å². The van der Waals surface area contributed by atoms with E-state index in [1.165, 1.54) is 30.4 Å². The van der Waals surface area contributed by atoms with Crippen LogP contribution in [0.2, 0.25) is 0 Å². The van der Waals surface area contributed by atoms with Crippen molar-refractivity contribution in [2.75, 3.05) is 0 Å². The molecule has 4 unspecified atom stereocenters. The summed E-state index contributed by atoms with van der Waals surface area (Å²) < 4.78 is 0. The Bertz CT molecular complexity index is 518. The minimum atomic E-state index is 0.248. The van der Waals surface area contributed by atoms with Gasteiger partial charge in [0.15, 0.2) is 0 Å². The smallest absolute Gasteiger partial charge is 0.120 e. The first kappa shape index (κ1) is 14.9. The molecule has 2 aliphatic rings. The van der Waals surface area contributed by atoms with Gasteiger partial charge in [-0.1, -0.05) is 19.4 Å². The topological polar surface area (TPSA) is 35.5 Å². The van der Waals surface area contributed by atoms with Gasteiger partial charge in [-0.2, -0.15) is 0 Å². The second-order valence-corrected chi connectivity index (χ2v) is 7.08. The van der Waals surface area contributed by atoms with Crippen molar-refractivity contribution in [2.24, 2.45) is 0 Å². The lowest BCUT2D eigenvalue weighted by Crippen LogP contribution is -2.52. The molecule has 3 nitrogen and oxygen atoms in total. The van der Waals surface area contributed by atoms with Crippen LogP contribution >= 0.6 is 0 Å². The van der Waals surface area contributed by atoms with Crippen molar-refractivity contribution in [3.8, 4) is 5.75 Å². The summed E-state index contributed by atoms with van der Waals surface area (Å²) >= 11 is 0. The first-order valence-corrected chi connectivity index (χ1v) is 8.36. The maximum atomic E-state index is 10.3. The zero-order chi connectivity index (χ0) is 15.1. The number of hydrazine groups is 1. The first-order valence-electron chi connectivity index (χ1n) is 8.36. The van der Waals surface area contributed by atoms with E-state index in [9.17, 15) is 5.11 Å². The maximum absolute atomic E-state index is 10.3. The van der Waals surface area contributed by atoms with Gasteiger partial charge < -0.3 is 5.11 Å². The van der Waals surface area contributed by atoms with Crippen LogP contribution in [-0.2, 0) is 0 Å². The number of hydrogen-bond donors (Lipinski definition) is 2. The van der Waals surface area contributed by atoms with Crippen LogP contribution in [0.15, 0.2) is 12.1 Å². The number of nitrogens with zero attached hydrogens (tertiary/aromatic N) is 1. The van der Waals surface area contributed by atoms with E-state index in [1.54, 1.807) is 0 Å². The molecular formula is C18H28N2O. The summed E-state index contributed by atoms with van der Waals surface area (Å²) in [5.74, 6) is 0.967. The Morgan fingerprint density at radius 2 is 1.76 bits per heavy atom. The molecule has 1 aromatic carbocycles. The van der Waals surface area contributed by atoms with Crippen LogP contribution in [0.5, 0.6) is 5.75 Å². The van der Waals surface area contributed by atoms with Gasteiger partial charge in [0.25, 0.3) is 0 Å². The highest BCUT2D eigenvalue weighted by molar-refractivity contribution is 5.50. The third-order valence-corrected chi connectivity index (χ3v) is 5.41. The lowest BCUT2D eigenvalue weighted by atomic mass is 9.97. The number of piperidine rings is 1. The van der Waals surface area contributed by atoms with Gasteiger partial charge in [-0.25, -0.2) is 10.4 Å². The van der Waals surface area contributed by atoms with Crippen LogP contribution in [-0.4, -0.2) is 22.2 Å². The summed E-state index contributed by atoms with van der Waals surface area (Å²) in [5, 5.41) is 12.8. The summed E-state index contributed by atoms with van der Waals surface area (Å²) in [7, 11) is 0.